The smallest absolute Gasteiger partial charge is 0.0714 e. The maximum absolute atomic E-state index is 2.48. The number of hydrogen-bond donors (Lipinski definition) is 0. The van der Waals surface area contributed by atoms with Gasteiger partial charge in [0.15, 0.2) is 0 Å². The van der Waals surface area contributed by atoms with Crippen LogP contribution in [0.25, 0.3) is 64.0 Å². The van der Waals surface area contributed by atoms with Crippen molar-refractivity contribution in [1.29, 1.82) is 0 Å². The van der Waals surface area contributed by atoms with Crippen molar-refractivity contribution in [2.24, 2.45) is 0 Å². The summed E-state index contributed by atoms with van der Waals surface area (Å²) in [6, 6.07) is 83.2. The second-order valence-corrected chi connectivity index (χ2v) is 16.7. The first-order chi connectivity index (χ1) is 29.3. The molecule has 0 N–H and O–H groups in total. The van der Waals surface area contributed by atoms with Crippen LogP contribution < -0.4 is 4.90 Å². The summed E-state index contributed by atoms with van der Waals surface area (Å²) in [5.74, 6) is 0. The van der Waals surface area contributed by atoms with Crippen LogP contribution in [0, 0.1) is 0 Å². The lowest BCUT2D eigenvalue weighted by Gasteiger charge is -2.35. The highest BCUT2D eigenvalue weighted by Crippen LogP contribution is 2.57. The first-order valence-electron chi connectivity index (χ1n) is 20.3. The molecule has 1 aliphatic rings. The van der Waals surface area contributed by atoms with Gasteiger partial charge in [0.05, 0.1) is 11.1 Å². The molecular weight excluding hydrogens is 731 g/mol. The summed E-state index contributed by atoms with van der Waals surface area (Å²) in [5, 5.41) is 7.57. The second kappa shape index (κ2) is 13.4. The Hall–Kier alpha value is -7.26. The number of rotatable bonds is 6. The largest absolute Gasteiger partial charge is 0.310 e. The van der Waals surface area contributed by atoms with Crippen molar-refractivity contribution < 1.29 is 0 Å². The highest BCUT2D eigenvalue weighted by Gasteiger charge is 2.46. The molecule has 0 bridgehead atoms. The zero-order chi connectivity index (χ0) is 38.9. The minimum Gasteiger partial charge on any atom is -0.310 e. The molecule has 2 heteroatoms. The molecule has 276 valence electrons. The molecule has 0 saturated heterocycles. The highest BCUT2D eigenvalue weighted by atomic mass is 32.1. The van der Waals surface area contributed by atoms with E-state index in [2.05, 4.69) is 229 Å². The fraction of sp³-hybridized carbons (Fsp3) is 0.0175. The number of benzene rings is 10. The fourth-order valence-corrected chi connectivity index (χ4v) is 11.0. The standard InChI is InChI=1S/C57H37NS/c1-3-16-42(17-4-1)57(43-18-5-2-6-19-43)51-23-11-9-21-47(51)48-34-33-45(37-52(48)57)58(53-24-13-15-40-27-26-39-14-7-8-20-46(39)56(40)53)44-31-28-38(29-32-44)41-30-35-55-50(36-41)49-22-10-12-25-54(49)59-55/h1-37H. The van der Waals surface area contributed by atoms with E-state index in [1.807, 2.05) is 11.3 Å². The first-order valence-corrected chi connectivity index (χ1v) is 21.2. The van der Waals surface area contributed by atoms with E-state index in [1.54, 1.807) is 0 Å². The van der Waals surface area contributed by atoms with Gasteiger partial charge < -0.3 is 4.90 Å². The molecule has 59 heavy (non-hydrogen) atoms. The van der Waals surface area contributed by atoms with Gasteiger partial charge in [0.1, 0.15) is 0 Å². The van der Waals surface area contributed by atoms with E-state index in [9.17, 15) is 0 Å². The third-order valence-corrected chi connectivity index (χ3v) is 13.7. The third kappa shape index (κ3) is 5.17. The van der Waals surface area contributed by atoms with Gasteiger partial charge in [0.2, 0.25) is 0 Å². The number of fused-ring (bicyclic) bond motifs is 9. The van der Waals surface area contributed by atoms with E-state index < -0.39 is 5.41 Å². The summed E-state index contributed by atoms with van der Waals surface area (Å²) in [6.45, 7) is 0. The molecule has 0 aliphatic heterocycles. The van der Waals surface area contributed by atoms with Gasteiger partial charge >= 0.3 is 0 Å². The van der Waals surface area contributed by atoms with Crippen LogP contribution in [0.4, 0.5) is 17.1 Å². The van der Waals surface area contributed by atoms with Gasteiger partial charge in [0.25, 0.3) is 0 Å². The molecular formula is C57H37NS. The zero-order valence-corrected chi connectivity index (χ0v) is 33.0. The summed E-state index contributed by atoms with van der Waals surface area (Å²) < 4.78 is 2.65. The van der Waals surface area contributed by atoms with Crippen LogP contribution >= 0.6 is 11.3 Å². The highest BCUT2D eigenvalue weighted by molar-refractivity contribution is 7.25. The number of nitrogens with zero attached hydrogens (tertiary/aromatic N) is 1. The van der Waals surface area contributed by atoms with Gasteiger partial charge in [0, 0.05) is 36.9 Å². The molecule has 0 fully saturated rings. The molecule has 10 aromatic carbocycles. The number of thiophene rings is 1. The average molecular weight is 768 g/mol. The lowest BCUT2D eigenvalue weighted by Crippen LogP contribution is -2.28. The minimum atomic E-state index is -0.504. The Morgan fingerprint density at radius 1 is 0.356 bits per heavy atom. The van der Waals surface area contributed by atoms with Crippen molar-refractivity contribution in [3.05, 3.63) is 247 Å². The topological polar surface area (TPSA) is 3.24 Å². The molecule has 0 atom stereocenters. The summed E-state index contributed by atoms with van der Waals surface area (Å²) in [4.78, 5) is 2.48. The van der Waals surface area contributed by atoms with Crippen LogP contribution in [0.3, 0.4) is 0 Å². The van der Waals surface area contributed by atoms with Gasteiger partial charge in [-0.05, 0) is 109 Å². The van der Waals surface area contributed by atoms with E-state index in [4.69, 9.17) is 0 Å². The van der Waals surface area contributed by atoms with Crippen molar-refractivity contribution in [2.75, 3.05) is 4.90 Å². The average Bonchev–Trinajstić information content (AvgIpc) is 3.83. The molecule has 11 aromatic rings. The van der Waals surface area contributed by atoms with E-state index >= 15 is 0 Å². The van der Waals surface area contributed by atoms with Crippen molar-refractivity contribution in [1.82, 2.24) is 0 Å². The SMILES string of the molecule is c1ccc(C2(c3ccccc3)c3ccccc3-c3ccc(N(c4ccc(-c5ccc6sc7ccccc7c6c5)cc4)c4cccc5ccc6ccccc6c45)cc32)cc1. The van der Waals surface area contributed by atoms with Crippen LogP contribution in [0.5, 0.6) is 0 Å². The van der Waals surface area contributed by atoms with Crippen molar-refractivity contribution in [2.45, 2.75) is 5.41 Å². The molecule has 0 radical (unpaired) electrons. The molecule has 1 aromatic heterocycles. The molecule has 1 heterocycles. The van der Waals surface area contributed by atoms with E-state index in [0.29, 0.717) is 0 Å². The Bertz CT molecular complexity index is 3340. The Balaban J connectivity index is 1.10. The lowest BCUT2D eigenvalue weighted by molar-refractivity contribution is 0.768. The van der Waals surface area contributed by atoms with E-state index in [-0.39, 0.29) is 0 Å². The summed E-state index contributed by atoms with van der Waals surface area (Å²) in [6.07, 6.45) is 0. The van der Waals surface area contributed by atoms with Crippen LogP contribution in [0.2, 0.25) is 0 Å². The van der Waals surface area contributed by atoms with E-state index in [1.165, 1.54) is 86.2 Å². The Labute approximate surface area is 347 Å². The molecule has 1 nitrogen and oxygen atoms in total. The molecule has 12 rings (SSSR count). The van der Waals surface area contributed by atoms with Gasteiger partial charge in [-0.25, -0.2) is 0 Å². The van der Waals surface area contributed by atoms with Crippen molar-refractivity contribution in [3.63, 3.8) is 0 Å². The normalized spacial score (nSPS) is 12.9. The minimum absolute atomic E-state index is 0.504. The van der Waals surface area contributed by atoms with Gasteiger partial charge in [-0.1, -0.05) is 176 Å². The second-order valence-electron chi connectivity index (χ2n) is 15.6. The van der Waals surface area contributed by atoms with Gasteiger partial charge in [-0.3, -0.25) is 0 Å². The summed E-state index contributed by atoms with van der Waals surface area (Å²) >= 11 is 1.86. The van der Waals surface area contributed by atoms with Gasteiger partial charge in [-0.15, -0.1) is 11.3 Å². The summed E-state index contributed by atoms with van der Waals surface area (Å²) in [5.41, 5.74) is 13.0. The zero-order valence-electron chi connectivity index (χ0n) is 32.2. The molecule has 0 spiro atoms. The molecule has 0 unspecified atom stereocenters. The molecule has 1 aliphatic carbocycles. The quantitative estimate of drug-likeness (QED) is 0.152. The number of anilines is 3. The van der Waals surface area contributed by atoms with Crippen LogP contribution in [0.1, 0.15) is 22.3 Å². The first kappa shape index (κ1) is 33.8. The Morgan fingerprint density at radius 2 is 0.966 bits per heavy atom. The Morgan fingerprint density at radius 3 is 1.78 bits per heavy atom. The maximum Gasteiger partial charge on any atom is 0.0714 e. The van der Waals surface area contributed by atoms with Crippen LogP contribution in [0.15, 0.2) is 224 Å². The van der Waals surface area contributed by atoms with Crippen LogP contribution in [-0.4, -0.2) is 0 Å². The van der Waals surface area contributed by atoms with Crippen molar-refractivity contribution in [3.8, 4) is 22.3 Å². The third-order valence-electron chi connectivity index (χ3n) is 12.5. The fourth-order valence-electron chi connectivity index (χ4n) is 9.93. The predicted molar refractivity (Wildman–Crippen MR) is 252 cm³/mol. The maximum atomic E-state index is 2.48. The summed E-state index contributed by atoms with van der Waals surface area (Å²) in [7, 11) is 0. The number of hydrogen-bond acceptors (Lipinski definition) is 2. The Kier molecular flexibility index (Phi) is 7.69. The molecule has 0 saturated carbocycles. The van der Waals surface area contributed by atoms with E-state index in [0.717, 1.165) is 17.1 Å². The lowest BCUT2D eigenvalue weighted by atomic mass is 9.67. The monoisotopic (exact) mass is 767 g/mol. The molecule has 0 amide bonds. The van der Waals surface area contributed by atoms with Crippen LogP contribution in [-0.2, 0) is 5.41 Å². The van der Waals surface area contributed by atoms with Crippen molar-refractivity contribution >= 4 is 70.1 Å². The van der Waals surface area contributed by atoms with Gasteiger partial charge in [-0.2, -0.15) is 0 Å². The predicted octanol–water partition coefficient (Wildman–Crippen LogP) is 15.9.